The van der Waals surface area contributed by atoms with Gasteiger partial charge in [-0.1, -0.05) is 36.4 Å². The molecule has 0 saturated carbocycles. The Morgan fingerprint density at radius 1 is 1.07 bits per heavy atom. The monoisotopic (exact) mass is 373 g/mol. The summed E-state index contributed by atoms with van der Waals surface area (Å²) in [6, 6.07) is 20.0. The Kier molecular flexibility index (Phi) is 5.58. The Morgan fingerprint density at radius 2 is 1.89 bits per heavy atom. The smallest absolute Gasteiger partial charge is 0.270 e. The van der Waals surface area contributed by atoms with Gasteiger partial charge in [-0.3, -0.25) is 9.78 Å². The maximum Gasteiger partial charge on any atom is 0.270 e. The van der Waals surface area contributed by atoms with E-state index in [1.165, 1.54) is 5.56 Å². The van der Waals surface area contributed by atoms with Crippen LogP contribution < -0.4 is 15.5 Å². The summed E-state index contributed by atoms with van der Waals surface area (Å²) in [6.45, 7) is 3.01. The van der Waals surface area contributed by atoms with Crippen LogP contribution in [0.2, 0.25) is 0 Å². The molecule has 1 unspecified atom stereocenters. The van der Waals surface area contributed by atoms with Crippen LogP contribution >= 0.6 is 0 Å². The number of piperazine rings is 1. The highest BCUT2D eigenvalue weighted by Gasteiger charge is 2.22. The van der Waals surface area contributed by atoms with Crippen molar-refractivity contribution in [3.8, 4) is 0 Å². The van der Waals surface area contributed by atoms with Crippen LogP contribution in [-0.2, 0) is 6.54 Å². The van der Waals surface area contributed by atoms with Gasteiger partial charge in [-0.25, -0.2) is 4.98 Å². The van der Waals surface area contributed by atoms with Crippen molar-refractivity contribution >= 4 is 11.7 Å². The zero-order chi connectivity index (χ0) is 19.2. The fourth-order valence-corrected chi connectivity index (χ4v) is 3.37. The zero-order valence-electron chi connectivity index (χ0n) is 15.6. The third-order valence-electron chi connectivity index (χ3n) is 4.87. The van der Waals surface area contributed by atoms with Gasteiger partial charge in [0.15, 0.2) is 0 Å². The number of amides is 1. The van der Waals surface area contributed by atoms with Gasteiger partial charge in [0.25, 0.3) is 5.91 Å². The molecule has 4 rings (SSSR count). The Bertz CT molecular complexity index is 916. The zero-order valence-corrected chi connectivity index (χ0v) is 15.6. The minimum atomic E-state index is -0.173. The second-order valence-corrected chi connectivity index (χ2v) is 6.78. The van der Waals surface area contributed by atoms with Crippen molar-refractivity contribution in [1.82, 2.24) is 20.6 Å². The van der Waals surface area contributed by atoms with Crippen LogP contribution in [0.3, 0.4) is 0 Å². The Labute approximate surface area is 164 Å². The van der Waals surface area contributed by atoms with E-state index in [9.17, 15) is 4.79 Å². The Hall–Kier alpha value is -3.25. The predicted molar refractivity (Wildman–Crippen MR) is 109 cm³/mol. The second-order valence-electron chi connectivity index (χ2n) is 6.78. The highest BCUT2D eigenvalue weighted by molar-refractivity contribution is 5.92. The first kappa shape index (κ1) is 18.1. The van der Waals surface area contributed by atoms with Crippen molar-refractivity contribution in [3.05, 3.63) is 89.9 Å². The number of nitrogens with zero attached hydrogens (tertiary/aromatic N) is 3. The number of rotatable bonds is 5. The summed E-state index contributed by atoms with van der Waals surface area (Å²) in [7, 11) is 0. The number of hydrogen-bond acceptors (Lipinski definition) is 5. The molecule has 6 nitrogen and oxygen atoms in total. The van der Waals surface area contributed by atoms with E-state index in [0.29, 0.717) is 12.2 Å². The van der Waals surface area contributed by atoms with Crippen LogP contribution in [0.15, 0.2) is 73.1 Å². The third-order valence-corrected chi connectivity index (χ3v) is 4.87. The molecule has 1 fully saturated rings. The molecule has 0 radical (unpaired) electrons. The molecular formula is C22H23N5O. The molecule has 0 aliphatic carbocycles. The van der Waals surface area contributed by atoms with Crippen LogP contribution in [0.25, 0.3) is 0 Å². The number of hydrogen-bond donors (Lipinski definition) is 2. The van der Waals surface area contributed by atoms with Gasteiger partial charge in [0.05, 0.1) is 0 Å². The van der Waals surface area contributed by atoms with Crippen LogP contribution in [0, 0.1) is 0 Å². The molecule has 1 saturated heterocycles. The lowest BCUT2D eigenvalue weighted by atomic mass is 10.0. The maximum absolute atomic E-state index is 12.5. The molecule has 1 atom stereocenters. The summed E-state index contributed by atoms with van der Waals surface area (Å²) in [5.74, 6) is 0.660. The average Bonchev–Trinajstić information content (AvgIpc) is 2.79. The minimum Gasteiger partial charge on any atom is -0.353 e. The lowest BCUT2D eigenvalue weighted by molar-refractivity contribution is 0.0946. The molecule has 1 aromatic carbocycles. The maximum atomic E-state index is 12.5. The highest BCUT2D eigenvalue weighted by atomic mass is 16.1. The van der Waals surface area contributed by atoms with Crippen LogP contribution in [0.1, 0.15) is 27.7 Å². The van der Waals surface area contributed by atoms with Crippen molar-refractivity contribution < 1.29 is 4.79 Å². The summed E-state index contributed by atoms with van der Waals surface area (Å²) >= 11 is 0. The molecule has 3 aromatic rings. The van der Waals surface area contributed by atoms with Crippen molar-refractivity contribution in [2.24, 2.45) is 0 Å². The van der Waals surface area contributed by atoms with E-state index in [4.69, 9.17) is 0 Å². The number of carbonyl (C=O) groups excluding carboxylic acids is 1. The van der Waals surface area contributed by atoms with E-state index in [1.807, 2.05) is 30.3 Å². The first-order chi connectivity index (χ1) is 13.8. The van der Waals surface area contributed by atoms with Crippen molar-refractivity contribution in [3.63, 3.8) is 0 Å². The van der Waals surface area contributed by atoms with E-state index >= 15 is 0 Å². The Balaban J connectivity index is 1.43. The van der Waals surface area contributed by atoms with Gasteiger partial charge < -0.3 is 15.5 Å². The average molecular weight is 373 g/mol. The Morgan fingerprint density at radius 3 is 2.71 bits per heavy atom. The number of benzene rings is 1. The summed E-state index contributed by atoms with van der Waals surface area (Å²) in [5, 5.41) is 6.48. The summed E-state index contributed by atoms with van der Waals surface area (Å²) < 4.78 is 0. The van der Waals surface area contributed by atoms with Gasteiger partial charge in [0.2, 0.25) is 0 Å². The van der Waals surface area contributed by atoms with Crippen LogP contribution in [0.5, 0.6) is 0 Å². The summed E-state index contributed by atoms with van der Waals surface area (Å²) in [4.78, 5) is 23.3. The normalized spacial score (nSPS) is 16.6. The number of pyridine rings is 2. The van der Waals surface area contributed by atoms with Crippen LogP contribution in [0.4, 0.5) is 5.82 Å². The number of aromatic nitrogens is 2. The van der Waals surface area contributed by atoms with Gasteiger partial charge in [-0.2, -0.15) is 0 Å². The van der Waals surface area contributed by atoms with E-state index in [1.54, 1.807) is 18.5 Å². The third kappa shape index (κ3) is 4.35. The minimum absolute atomic E-state index is 0.173. The van der Waals surface area contributed by atoms with E-state index in [0.717, 1.165) is 31.0 Å². The van der Waals surface area contributed by atoms with E-state index in [2.05, 4.69) is 49.8 Å². The van der Waals surface area contributed by atoms with Crippen molar-refractivity contribution in [2.45, 2.75) is 12.6 Å². The molecule has 1 amide bonds. The second kappa shape index (κ2) is 8.63. The SMILES string of the molecule is O=C(NCc1ccncc1)c1cccc(N2CCNC(c3ccccc3)C2)n1. The molecule has 0 bridgehead atoms. The molecule has 28 heavy (non-hydrogen) atoms. The molecule has 1 aliphatic heterocycles. The lowest BCUT2D eigenvalue weighted by Crippen LogP contribution is -2.46. The largest absolute Gasteiger partial charge is 0.353 e. The molecule has 142 valence electrons. The van der Waals surface area contributed by atoms with Gasteiger partial charge >= 0.3 is 0 Å². The topological polar surface area (TPSA) is 70.2 Å². The summed E-state index contributed by atoms with van der Waals surface area (Å²) in [5.41, 5.74) is 2.70. The van der Waals surface area contributed by atoms with E-state index < -0.39 is 0 Å². The molecule has 6 heteroatoms. The van der Waals surface area contributed by atoms with Gasteiger partial charge in [0.1, 0.15) is 11.5 Å². The highest BCUT2D eigenvalue weighted by Crippen LogP contribution is 2.21. The number of nitrogens with one attached hydrogen (secondary N) is 2. The predicted octanol–water partition coefficient (Wildman–Crippen LogP) is 2.56. The number of carbonyl (C=O) groups is 1. The van der Waals surface area contributed by atoms with Gasteiger partial charge in [-0.05, 0) is 35.4 Å². The van der Waals surface area contributed by atoms with Crippen molar-refractivity contribution in [2.75, 3.05) is 24.5 Å². The molecule has 1 aliphatic rings. The van der Waals surface area contributed by atoms with Crippen molar-refractivity contribution in [1.29, 1.82) is 0 Å². The quantitative estimate of drug-likeness (QED) is 0.719. The fourth-order valence-electron chi connectivity index (χ4n) is 3.37. The first-order valence-corrected chi connectivity index (χ1v) is 9.47. The molecule has 2 N–H and O–H groups in total. The standard InChI is InChI=1S/C22H23N5O/c28-22(25-15-17-9-11-23-12-10-17)19-7-4-8-21(26-19)27-14-13-24-20(16-27)18-5-2-1-3-6-18/h1-12,20,24H,13-16H2,(H,25,28). The lowest BCUT2D eigenvalue weighted by Gasteiger charge is -2.34. The van der Waals surface area contributed by atoms with Gasteiger partial charge in [0, 0.05) is 44.6 Å². The van der Waals surface area contributed by atoms with Gasteiger partial charge in [-0.15, -0.1) is 0 Å². The number of anilines is 1. The molecule has 0 spiro atoms. The summed E-state index contributed by atoms with van der Waals surface area (Å²) in [6.07, 6.45) is 3.43. The molecular weight excluding hydrogens is 350 g/mol. The molecule has 3 heterocycles. The van der Waals surface area contributed by atoms with Crippen LogP contribution in [-0.4, -0.2) is 35.5 Å². The fraction of sp³-hybridized carbons (Fsp3) is 0.227. The van der Waals surface area contributed by atoms with E-state index in [-0.39, 0.29) is 11.9 Å². The molecule has 2 aromatic heterocycles. The first-order valence-electron chi connectivity index (χ1n) is 9.47.